The molecule has 32 nitrogen and oxygen atoms in total. The average Bonchev–Trinajstić information content (AvgIpc) is 1.15. The second kappa shape index (κ2) is 64.8. The van der Waals surface area contributed by atoms with Gasteiger partial charge in [0.25, 0.3) is 0 Å². The van der Waals surface area contributed by atoms with E-state index in [2.05, 4.69) is 50.8 Å². The molecule has 0 aliphatic rings. The van der Waals surface area contributed by atoms with Crippen LogP contribution in [0, 0.1) is 5.41 Å². The first kappa shape index (κ1) is 89.9. The van der Waals surface area contributed by atoms with Gasteiger partial charge in [-0.15, -0.1) is 0 Å². The highest BCUT2D eigenvalue weighted by molar-refractivity contribution is 5.87. The van der Waals surface area contributed by atoms with Gasteiger partial charge in [-0.25, -0.2) is 33.6 Å². The quantitative estimate of drug-likeness (QED) is 0.0173. The molecule has 0 aromatic heterocycles. The molecule has 5 atom stereocenters. The standard InChI is InChI=1S/C29H44O16.C24H42O12.C7H12O4/c1-5-25(34)42-13-21(30)9-38-17-29(18-39-10-22(31)14-43-26(35)6-2,19-40-11-23(32)15-44-27(36)7-3)20-41-12-24(33)16-45-28(37)8-4;1-3-23(25)35-21-19-33-17-15-31-13-11-29-9-7-27-5-6-28-8-10-30-12-14-32-16-18-34-20-22-36-24(26)4-2;1-5(2)7(10)11-4-6(9)3-8/h5-8,21-24,30-33H,1-4,9-20H2;3-4H,1-2,5-22H2;6,8-9H,1,3-4H2,2H3. The first-order chi connectivity index (χ1) is 44.2. The van der Waals surface area contributed by atoms with E-state index in [0.29, 0.717) is 106 Å². The molecular formula is C60H98O32. The topological polar surface area (TPSA) is 416 Å². The van der Waals surface area contributed by atoms with E-state index in [4.69, 9.17) is 95.5 Å². The molecule has 0 aliphatic carbocycles. The van der Waals surface area contributed by atoms with E-state index in [9.17, 15) is 54.0 Å². The van der Waals surface area contributed by atoms with Crippen molar-refractivity contribution in [2.45, 2.75) is 37.4 Å². The normalized spacial score (nSPS) is 12.9. The monoisotopic (exact) mass is 1330 g/mol. The molecule has 0 aromatic carbocycles. The molecule has 0 bridgehead atoms. The van der Waals surface area contributed by atoms with E-state index >= 15 is 0 Å². The lowest BCUT2D eigenvalue weighted by atomic mass is 9.92. The summed E-state index contributed by atoms with van der Waals surface area (Å²) in [7, 11) is 0. The molecule has 6 N–H and O–H groups in total. The second-order valence-electron chi connectivity index (χ2n) is 18.4. The van der Waals surface area contributed by atoms with E-state index < -0.39 is 84.3 Å². The summed E-state index contributed by atoms with van der Waals surface area (Å²) in [5.41, 5.74) is -0.959. The Morgan fingerprint density at radius 1 is 0.304 bits per heavy atom. The van der Waals surface area contributed by atoms with Gasteiger partial charge in [0, 0.05) is 42.0 Å². The molecule has 0 heterocycles. The summed E-state index contributed by atoms with van der Waals surface area (Å²) in [6.45, 7) is 27.7. The number of ether oxygens (including phenoxy) is 19. The van der Waals surface area contributed by atoms with Crippen LogP contribution < -0.4 is 0 Å². The molecular weight excluding hydrogens is 1230 g/mol. The predicted molar refractivity (Wildman–Crippen MR) is 322 cm³/mol. The van der Waals surface area contributed by atoms with Crippen molar-refractivity contribution < 1.29 is 154 Å². The zero-order valence-electron chi connectivity index (χ0n) is 52.7. The lowest BCUT2D eigenvalue weighted by molar-refractivity contribution is -0.152. The second-order valence-corrected chi connectivity index (χ2v) is 18.4. The van der Waals surface area contributed by atoms with Crippen molar-refractivity contribution in [3.05, 3.63) is 88.1 Å². The van der Waals surface area contributed by atoms with Crippen molar-refractivity contribution in [3.8, 4) is 0 Å². The van der Waals surface area contributed by atoms with Crippen molar-refractivity contribution in [3.63, 3.8) is 0 Å². The molecule has 530 valence electrons. The van der Waals surface area contributed by atoms with Gasteiger partial charge in [-0.3, -0.25) is 0 Å². The van der Waals surface area contributed by atoms with Crippen LogP contribution in [0.3, 0.4) is 0 Å². The maximum Gasteiger partial charge on any atom is 0.333 e. The summed E-state index contributed by atoms with van der Waals surface area (Å²) < 4.78 is 98.6. The van der Waals surface area contributed by atoms with Crippen LogP contribution in [-0.4, -0.2) is 314 Å². The number of aliphatic hydroxyl groups is 6. The molecule has 0 amide bonds. The van der Waals surface area contributed by atoms with Crippen LogP contribution in [0.5, 0.6) is 0 Å². The summed E-state index contributed by atoms with van der Waals surface area (Å²) in [4.78, 5) is 77.3. The molecule has 0 saturated heterocycles. The number of hydrogen-bond donors (Lipinski definition) is 6. The van der Waals surface area contributed by atoms with Crippen molar-refractivity contribution in [2.75, 3.05) is 211 Å². The highest BCUT2D eigenvalue weighted by Gasteiger charge is 2.34. The number of esters is 7. The summed E-state index contributed by atoms with van der Waals surface area (Å²) in [5.74, 6) is -4.46. The van der Waals surface area contributed by atoms with E-state index in [0.717, 1.165) is 36.5 Å². The Morgan fingerprint density at radius 3 is 0.696 bits per heavy atom. The number of carbonyl (C=O) groups is 7. The Hall–Kier alpha value is -6.25. The van der Waals surface area contributed by atoms with E-state index in [1.54, 1.807) is 0 Å². The van der Waals surface area contributed by atoms with Gasteiger partial charge >= 0.3 is 41.8 Å². The predicted octanol–water partition coefficient (Wildman–Crippen LogP) is -1.56. The fraction of sp³-hybridized carbons (Fsp3) is 0.650. The molecule has 5 unspecified atom stereocenters. The third-order valence-corrected chi connectivity index (χ3v) is 10.1. The number of rotatable bonds is 61. The zero-order valence-corrected chi connectivity index (χ0v) is 52.7. The van der Waals surface area contributed by atoms with Crippen molar-refractivity contribution in [2.24, 2.45) is 5.41 Å². The van der Waals surface area contributed by atoms with Crippen LogP contribution in [0.4, 0.5) is 0 Å². The summed E-state index contributed by atoms with van der Waals surface area (Å²) in [6.07, 6.45) is 0.0318. The van der Waals surface area contributed by atoms with Gasteiger partial charge in [-0.05, 0) is 6.92 Å². The zero-order chi connectivity index (χ0) is 69.3. The van der Waals surface area contributed by atoms with Crippen LogP contribution in [0.15, 0.2) is 88.1 Å². The molecule has 0 saturated carbocycles. The lowest BCUT2D eigenvalue weighted by Crippen LogP contribution is -2.44. The minimum Gasteiger partial charge on any atom is -0.460 e. The van der Waals surface area contributed by atoms with E-state index in [1.165, 1.54) is 6.92 Å². The van der Waals surface area contributed by atoms with Gasteiger partial charge < -0.3 is 121 Å². The van der Waals surface area contributed by atoms with Crippen LogP contribution >= 0.6 is 0 Å². The molecule has 0 rings (SSSR count). The van der Waals surface area contributed by atoms with Crippen LogP contribution in [0.2, 0.25) is 0 Å². The fourth-order valence-electron chi connectivity index (χ4n) is 5.55. The Balaban J connectivity index is -0.00000150. The van der Waals surface area contributed by atoms with Gasteiger partial charge in [0.15, 0.2) is 0 Å². The van der Waals surface area contributed by atoms with Crippen molar-refractivity contribution in [1.82, 2.24) is 0 Å². The third kappa shape index (κ3) is 62.6. The van der Waals surface area contributed by atoms with E-state index in [1.807, 2.05) is 0 Å². The van der Waals surface area contributed by atoms with Crippen molar-refractivity contribution >= 4 is 41.8 Å². The Labute approximate surface area is 537 Å². The maximum atomic E-state index is 11.3. The Morgan fingerprint density at radius 2 is 0.500 bits per heavy atom. The number of hydrogen-bond acceptors (Lipinski definition) is 32. The largest absolute Gasteiger partial charge is 0.460 e. The molecule has 0 aliphatic heterocycles. The molecule has 32 heteroatoms. The van der Waals surface area contributed by atoms with Gasteiger partial charge in [-0.1, -0.05) is 46.1 Å². The van der Waals surface area contributed by atoms with Gasteiger partial charge in [0.1, 0.15) is 76.8 Å². The molecule has 92 heavy (non-hydrogen) atoms. The van der Waals surface area contributed by atoms with Crippen LogP contribution in [0.1, 0.15) is 6.92 Å². The lowest BCUT2D eigenvalue weighted by Gasteiger charge is -2.34. The Kier molecular flexibility index (Phi) is 63.4. The van der Waals surface area contributed by atoms with Gasteiger partial charge in [-0.2, -0.15) is 0 Å². The smallest absolute Gasteiger partial charge is 0.333 e. The average molecular weight is 1330 g/mol. The molecule has 0 spiro atoms. The fourth-order valence-corrected chi connectivity index (χ4v) is 5.55. The number of carbonyl (C=O) groups excluding carboxylic acids is 7. The van der Waals surface area contributed by atoms with Crippen molar-refractivity contribution in [1.29, 1.82) is 0 Å². The first-order valence-electron chi connectivity index (χ1n) is 28.7. The molecule has 0 aromatic rings. The number of aliphatic hydroxyl groups excluding tert-OH is 6. The van der Waals surface area contributed by atoms with Gasteiger partial charge in [0.05, 0.1) is 171 Å². The molecule has 0 fully saturated rings. The minimum atomic E-state index is -1.23. The molecule has 0 radical (unpaired) electrons. The van der Waals surface area contributed by atoms with Crippen LogP contribution in [-0.2, 0) is 124 Å². The van der Waals surface area contributed by atoms with Crippen LogP contribution in [0.25, 0.3) is 0 Å². The van der Waals surface area contributed by atoms with E-state index in [-0.39, 0.29) is 105 Å². The van der Waals surface area contributed by atoms with Gasteiger partial charge in [0.2, 0.25) is 0 Å². The highest BCUT2D eigenvalue weighted by atomic mass is 16.6. The summed E-state index contributed by atoms with van der Waals surface area (Å²) in [5, 5.41) is 57.6. The highest BCUT2D eigenvalue weighted by Crippen LogP contribution is 2.22. The Bertz CT molecular complexity index is 1810. The summed E-state index contributed by atoms with van der Waals surface area (Å²) >= 11 is 0. The summed E-state index contributed by atoms with van der Waals surface area (Å²) in [6, 6.07) is 0. The first-order valence-corrected chi connectivity index (χ1v) is 28.7. The SMILES string of the molecule is C=C(C)C(=O)OCC(O)CO.C=CC(=O)OCC(O)COCC(COCC(O)COC(=O)C=C)(COCC(O)COC(=O)C=C)COCC(O)COC(=O)C=C.C=CC(=O)OCCOCCOCCOCCOCCOCCOCCOCCOCCOC(=O)C=C. The maximum absolute atomic E-state index is 11.3. The minimum absolute atomic E-state index is 0.192. The third-order valence-electron chi connectivity index (χ3n) is 10.1.